The summed E-state index contributed by atoms with van der Waals surface area (Å²) in [6.45, 7) is 5.55. The van der Waals surface area contributed by atoms with Gasteiger partial charge in [-0.25, -0.2) is 18.4 Å². The zero-order valence-electron chi connectivity index (χ0n) is 15.3. The fourth-order valence-corrected chi connectivity index (χ4v) is 2.59. The van der Waals surface area contributed by atoms with Gasteiger partial charge in [0.1, 0.15) is 23.7 Å². The fraction of sp³-hybridized carbons (Fsp3) is 0.412. The number of carbonyl (C=O) groups is 4. The molecule has 0 radical (unpaired) electrons. The van der Waals surface area contributed by atoms with Crippen molar-refractivity contribution >= 4 is 23.9 Å². The Labute approximate surface area is 154 Å². The monoisotopic (exact) mass is 382 g/mol. The van der Waals surface area contributed by atoms with E-state index >= 15 is 0 Å². The van der Waals surface area contributed by atoms with Gasteiger partial charge < -0.3 is 10.6 Å². The quantitative estimate of drug-likeness (QED) is 0.686. The van der Waals surface area contributed by atoms with Crippen molar-refractivity contribution in [3.8, 4) is 0 Å². The highest BCUT2D eigenvalue weighted by Gasteiger charge is 2.50. The van der Waals surface area contributed by atoms with Gasteiger partial charge in [0.2, 0.25) is 5.91 Å². The predicted molar refractivity (Wildman–Crippen MR) is 90.4 cm³/mol. The number of benzene rings is 1. The molecule has 0 aromatic heterocycles. The first-order chi connectivity index (χ1) is 12.3. The average molecular weight is 382 g/mol. The normalized spacial score (nSPS) is 19.7. The van der Waals surface area contributed by atoms with E-state index in [9.17, 15) is 28.0 Å². The van der Waals surface area contributed by atoms with Crippen molar-refractivity contribution in [1.82, 2.24) is 20.9 Å². The Hall–Kier alpha value is -3.04. The number of halogens is 2. The summed E-state index contributed by atoms with van der Waals surface area (Å²) in [5.41, 5.74) is -2.84. The van der Waals surface area contributed by atoms with E-state index in [0.717, 1.165) is 18.2 Å². The van der Waals surface area contributed by atoms with E-state index in [2.05, 4.69) is 10.6 Å². The zero-order valence-corrected chi connectivity index (χ0v) is 15.3. The van der Waals surface area contributed by atoms with E-state index in [0.29, 0.717) is 4.90 Å². The van der Waals surface area contributed by atoms with Gasteiger partial charge in [0, 0.05) is 11.1 Å². The number of imide groups is 2. The van der Waals surface area contributed by atoms with Crippen molar-refractivity contribution in [2.24, 2.45) is 0 Å². The minimum absolute atomic E-state index is 0.366. The zero-order chi connectivity index (χ0) is 20.6. The van der Waals surface area contributed by atoms with Crippen LogP contribution in [0.1, 0.15) is 33.3 Å². The largest absolute Gasteiger partial charge is 0.333 e. The smallest absolute Gasteiger partial charge is 0.325 e. The summed E-state index contributed by atoms with van der Waals surface area (Å²) < 4.78 is 27.5. The number of nitrogens with zero attached hydrogens (tertiary/aromatic N) is 1. The van der Waals surface area contributed by atoms with Crippen LogP contribution in [0.15, 0.2) is 18.2 Å². The number of hydrogen-bond donors (Lipinski definition) is 3. The molecule has 0 spiro atoms. The van der Waals surface area contributed by atoms with Crippen LogP contribution in [0.5, 0.6) is 0 Å². The van der Waals surface area contributed by atoms with Crippen molar-refractivity contribution < 1.29 is 28.0 Å². The number of nitrogens with one attached hydrogen (secondary N) is 3. The maximum atomic E-state index is 14.1. The number of amides is 6. The van der Waals surface area contributed by atoms with Gasteiger partial charge in [-0.1, -0.05) is 0 Å². The molecule has 1 fully saturated rings. The van der Waals surface area contributed by atoms with Gasteiger partial charge in [-0.2, -0.15) is 0 Å². The molecule has 1 saturated heterocycles. The van der Waals surface area contributed by atoms with Crippen LogP contribution in [-0.4, -0.2) is 40.9 Å². The van der Waals surface area contributed by atoms with Crippen LogP contribution in [-0.2, 0) is 15.1 Å². The minimum Gasteiger partial charge on any atom is -0.333 e. The average Bonchev–Trinajstić information content (AvgIpc) is 2.72. The Morgan fingerprint density at radius 2 is 1.85 bits per heavy atom. The topological polar surface area (TPSA) is 108 Å². The van der Waals surface area contributed by atoms with Crippen LogP contribution in [0, 0.1) is 11.6 Å². The maximum Gasteiger partial charge on any atom is 0.325 e. The number of hydrogen-bond acceptors (Lipinski definition) is 4. The van der Waals surface area contributed by atoms with E-state index in [-0.39, 0.29) is 5.56 Å². The maximum absolute atomic E-state index is 14.1. The molecule has 146 valence electrons. The lowest BCUT2D eigenvalue weighted by Gasteiger charge is -2.23. The van der Waals surface area contributed by atoms with Gasteiger partial charge in [0.25, 0.3) is 5.91 Å². The van der Waals surface area contributed by atoms with Crippen molar-refractivity contribution in [1.29, 1.82) is 0 Å². The Bertz CT molecular complexity index is 822. The summed E-state index contributed by atoms with van der Waals surface area (Å²) in [5, 5.41) is 6.74. The predicted octanol–water partition coefficient (Wildman–Crippen LogP) is 1.36. The summed E-state index contributed by atoms with van der Waals surface area (Å²) in [6.07, 6.45) is 0. The van der Waals surface area contributed by atoms with Crippen molar-refractivity contribution in [2.45, 2.75) is 38.8 Å². The van der Waals surface area contributed by atoms with Gasteiger partial charge in [-0.15, -0.1) is 0 Å². The summed E-state index contributed by atoms with van der Waals surface area (Å²) in [4.78, 5) is 48.9. The van der Waals surface area contributed by atoms with Crippen molar-refractivity contribution in [3.63, 3.8) is 0 Å². The minimum atomic E-state index is -1.88. The lowest BCUT2D eigenvalue weighted by Crippen LogP contribution is -2.51. The molecule has 0 bridgehead atoms. The molecule has 1 atom stereocenters. The highest BCUT2D eigenvalue weighted by atomic mass is 19.1. The summed E-state index contributed by atoms with van der Waals surface area (Å²) in [5.74, 6) is -3.53. The van der Waals surface area contributed by atoms with E-state index < -0.39 is 53.1 Å². The molecule has 1 aliphatic rings. The molecule has 6 amide bonds. The first-order valence-electron chi connectivity index (χ1n) is 8.05. The highest BCUT2D eigenvalue weighted by molar-refractivity contribution is 6.10. The Kier molecular flexibility index (Phi) is 5.21. The molecule has 1 heterocycles. The van der Waals surface area contributed by atoms with E-state index in [1.54, 1.807) is 20.8 Å². The van der Waals surface area contributed by atoms with E-state index in [1.165, 1.54) is 6.92 Å². The van der Waals surface area contributed by atoms with E-state index in [4.69, 9.17) is 0 Å². The van der Waals surface area contributed by atoms with Crippen LogP contribution in [0.25, 0.3) is 0 Å². The second-order valence-electron chi connectivity index (χ2n) is 7.32. The second kappa shape index (κ2) is 6.93. The Morgan fingerprint density at radius 1 is 1.22 bits per heavy atom. The number of urea groups is 2. The third kappa shape index (κ3) is 4.39. The van der Waals surface area contributed by atoms with Crippen molar-refractivity contribution in [3.05, 3.63) is 35.4 Å². The Morgan fingerprint density at radius 3 is 2.44 bits per heavy atom. The van der Waals surface area contributed by atoms with Crippen LogP contribution in [0.4, 0.5) is 18.4 Å². The van der Waals surface area contributed by atoms with Gasteiger partial charge in [-0.05, 0) is 45.9 Å². The second-order valence-corrected chi connectivity index (χ2v) is 7.32. The van der Waals surface area contributed by atoms with Crippen LogP contribution < -0.4 is 16.0 Å². The molecule has 1 aliphatic heterocycles. The first kappa shape index (κ1) is 20.3. The molecule has 0 aliphatic carbocycles. The van der Waals surface area contributed by atoms with E-state index in [1.807, 2.05) is 5.32 Å². The summed E-state index contributed by atoms with van der Waals surface area (Å²) in [6, 6.07) is 0.758. The molecule has 2 rings (SSSR count). The molecule has 1 aromatic carbocycles. The lowest BCUT2D eigenvalue weighted by atomic mass is 9.91. The third-order valence-corrected chi connectivity index (χ3v) is 3.79. The number of rotatable bonds is 3. The highest BCUT2D eigenvalue weighted by Crippen LogP contribution is 2.31. The molecular formula is C17H20F2N4O4. The van der Waals surface area contributed by atoms with Crippen LogP contribution >= 0.6 is 0 Å². The van der Waals surface area contributed by atoms with Crippen LogP contribution in [0.3, 0.4) is 0 Å². The standard InChI is InChI=1S/C17H20F2N4O4/c1-16(2,3)21-14(26)20-12(24)8-23-13(25)17(4,22-15(23)27)10-7-9(18)5-6-11(10)19/h5-7H,8H2,1-4H3,(H,22,27)(H2,20,21,24,26)/t17-/m1/s1. The van der Waals surface area contributed by atoms with Gasteiger partial charge in [0.05, 0.1) is 0 Å². The van der Waals surface area contributed by atoms with Gasteiger partial charge >= 0.3 is 12.1 Å². The lowest BCUT2D eigenvalue weighted by molar-refractivity contribution is -0.134. The molecular weight excluding hydrogens is 362 g/mol. The summed E-state index contributed by atoms with van der Waals surface area (Å²) >= 11 is 0. The first-order valence-corrected chi connectivity index (χ1v) is 8.05. The molecule has 3 N–H and O–H groups in total. The molecule has 8 nitrogen and oxygen atoms in total. The molecule has 0 saturated carbocycles. The summed E-state index contributed by atoms with van der Waals surface area (Å²) in [7, 11) is 0. The van der Waals surface area contributed by atoms with Crippen LogP contribution in [0.2, 0.25) is 0 Å². The number of carbonyl (C=O) groups excluding carboxylic acids is 4. The molecule has 27 heavy (non-hydrogen) atoms. The molecule has 10 heteroatoms. The molecule has 1 aromatic rings. The van der Waals surface area contributed by atoms with Gasteiger partial charge in [-0.3, -0.25) is 19.8 Å². The Balaban J connectivity index is 2.15. The third-order valence-electron chi connectivity index (χ3n) is 3.79. The van der Waals surface area contributed by atoms with Gasteiger partial charge in [0.15, 0.2) is 0 Å². The SMILES string of the molecule is CC(C)(C)NC(=O)NC(=O)CN1C(=O)N[C@](C)(c2cc(F)ccc2F)C1=O. The van der Waals surface area contributed by atoms with Crippen molar-refractivity contribution in [2.75, 3.05) is 6.54 Å². The molecule has 0 unspecified atom stereocenters. The fourth-order valence-electron chi connectivity index (χ4n) is 2.59.